The molecule has 2 aromatic carbocycles. The van der Waals surface area contributed by atoms with Crippen LogP contribution in [0.1, 0.15) is 35.7 Å². The number of carbonyl (C=O) groups is 1. The van der Waals surface area contributed by atoms with Gasteiger partial charge in [0.15, 0.2) is 0 Å². The number of aryl methyl sites for hydroxylation is 1. The molecule has 2 N–H and O–H groups in total. The number of halogens is 1. The third kappa shape index (κ3) is 6.31. The number of amides is 1. The van der Waals surface area contributed by atoms with Crippen LogP contribution in [-0.2, 0) is 0 Å². The number of pyridine rings is 1. The largest absolute Gasteiger partial charge is 0.354 e. The number of rotatable bonds is 8. The van der Waals surface area contributed by atoms with Gasteiger partial charge in [-0.25, -0.2) is 14.4 Å². The van der Waals surface area contributed by atoms with Crippen molar-refractivity contribution in [2.45, 2.75) is 32.7 Å². The number of benzene rings is 2. The lowest BCUT2D eigenvalue weighted by atomic mass is 10.0. The number of hydrogen-bond acceptors (Lipinski definition) is 7. The number of nitrogens with one attached hydrogen (secondary N) is 2. The Hall–Kier alpha value is -4.53. The molecule has 3 heterocycles. The van der Waals surface area contributed by atoms with Crippen molar-refractivity contribution in [3.8, 4) is 0 Å². The molecule has 1 aliphatic rings. The molecular weight excluding hydrogens is 493 g/mol. The van der Waals surface area contributed by atoms with E-state index < -0.39 is 0 Å². The molecular formula is C30H32FN7O. The lowest BCUT2D eigenvalue weighted by Crippen LogP contribution is -2.47. The van der Waals surface area contributed by atoms with Gasteiger partial charge < -0.3 is 20.4 Å². The van der Waals surface area contributed by atoms with E-state index in [1.54, 1.807) is 31.3 Å². The van der Waals surface area contributed by atoms with Crippen LogP contribution in [0.3, 0.4) is 0 Å². The van der Waals surface area contributed by atoms with E-state index in [0.717, 1.165) is 36.6 Å². The third-order valence-electron chi connectivity index (χ3n) is 6.95. The van der Waals surface area contributed by atoms with Crippen LogP contribution < -0.4 is 15.5 Å². The Kier molecular flexibility index (Phi) is 7.96. The lowest BCUT2D eigenvalue weighted by Gasteiger charge is -2.38. The monoisotopic (exact) mass is 525 g/mol. The second-order valence-corrected chi connectivity index (χ2v) is 9.55. The molecule has 39 heavy (non-hydrogen) atoms. The first-order valence-corrected chi connectivity index (χ1v) is 13.2. The van der Waals surface area contributed by atoms with Crippen LogP contribution in [0.2, 0.25) is 0 Å². The third-order valence-corrected chi connectivity index (χ3v) is 6.95. The molecule has 9 heteroatoms. The van der Waals surface area contributed by atoms with Gasteiger partial charge >= 0.3 is 0 Å². The van der Waals surface area contributed by atoms with E-state index in [2.05, 4.69) is 37.4 Å². The predicted octanol–water partition coefficient (Wildman–Crippen LogP) is 5.94. The number of nitrogens with zero attached hydrogens (tertiary/aromatic N) is 5. The molecule has 4 aromatic rings. The van der Waals surface area contributed by atoms with Gasteiger partial charge in [0.2, 0.25) is 5.95 Å². The molecule has 0 unspecified atom stereocenters. The highest BCUT2D eigenvalue weighted by Gasteiger charge is 2.27. The van der Waals surface area contributed by atoms with Crippen LogP contribution in [-0.4, -0.2) is 51.4 Å². The Morgan fingerprint density at radius 3 is 2.44 bits per heavy atom. The molecule has 0 radical (unpaired) electrons. The Morgan fingerprint density at radius 1 is 0.974 bits per heavy atom. The first kappa shape index (κ1) is 26.1. The molecule has 1 fully saturated rings. The topological polar surface area (TPSA) is 86.3 Å². The molecule has 200 valence electrons. The number of carbonyl (C=O) groups excluding carboxylic acids is 1. The van der Waals surface area contributed by atoms with Gasteiger partial charge in [0.25, 0.3) is 5.91 Å². The number of piperidine rings is 1. The summed E-state index contributed by atoms with van der Waals surface area (Å²) in [6.07, 6.45) is 5.29. The number of aromatic nitrogens is 3. The van der Waals surface area contributed by atoms with Crippen LogP contribution >= 0.6 is 0 Å². The average molecular weight is 526 g/mol. The number of likely N-dealkylation sites (tertiary alicyclic amines) is 1. The fourth-order valence-electron chi connectivity index (χ4n) is 4.88. The summed E-state index contributed by atoms with van der Waals surface area (Å²) in [5.41, 5.74) is 2.72. The zero-order chi connectivity index (χ0) is 27.2. The van der Waals surface area contributed by atoms with Crippen molar-refractivity contribution < 1.29 is 9.18 Å². The van der Waals surface area contributed by atoms with Crippen LogP contribution in [0.5, 0.6) is 0 Å². The predicted molar refractivity (Wildman–Crippen MR) is 152 cm³/mol. The minimum Gasteiger partial charge on any atom is -0.354 e. The molecule has 2 aromatic heterocycles. The van der Waals surface area contributed by atoms with Crippen molar-refractivity contribution in [3.63, 3.8) is 0 Å². The average Bonchev–Trinajstić information content (AvgIpc) is 2.97. The summed E-state index contributed by atoms with van der Waals surface area (Å²) in [5.74, 6) is 1.77. The van der Waals surface area contributed by atoms with E-state index in [9.17, 15) is 9.18 Å². The molecule has 0 aliphatic carbocycles. The van der Waals surface area contributed by atoms with E-state index >= 15 is 0 Å². The van der Waals surface area contributed by atoms with E-state index in [1.165, 1.54) is 6.07 Å². The van der Waals surface area contributed by atoms with Gasteiger partial charge in [-0.15, -0.1) is 0 Å². The minimum atomic E-state index is -0.249. The van der Waals surface area contributed by atoms with Gasteiger partial charge in [-0.3, -0.25) is 4.79 Å². The van der Waals surface area contributed by atoms with E-state index in [4.69, 9.17) is 0 Å². The second-order valence-electron chi connectivity index (χ2n) is 9.55. The van der Waals surface area contributed by atoms with Crippen molar-refractivity contribution in [2.24, 2.45) is 0 Å². The molecule has 0 atom stereocenters. The molecule has 1 saturated heterocycles. The molecule has 0 saturated carbocycles. The highest BCUT2D eigenvalue weighted by atomic mass is 19.1. The molecule has 1 amide bonds. The standard InChI is InChI=1S/C30H32FN7O/c1-3-38(28-6-4-5-16-32-28)25-14-18-37(19-15-25)29(39)22-7-9-23(10-8-22)35-30-33-17-13-27(36-30)34-24-11-12-26(31)21(2)20-24/h4-13,16-17,20,25H,3,14-15,18-19H2,1-2H3,(H2,33,34,35,36). The zero-order valence-electron chi connectivity index (χ0n) is 22.1. The van der Waals surface area contributed by atoms with E-state index in [1.807, 2.05) is 53.6 Å². The van der Waals surface area contributed by atoms with Crippen LogP contribution in [0, 0.1) is 12.7 Å². The maximum absolute atomic E-state index is 13.6. The lowest BCUT2D eigenvalue weighted by molar-refractivity contribution is 0.0712. The maximum Gasteiger partial charge on any atom is 0.253 e. The highest BCUT2D eigenvalue weighted by Crippen LogP contribution is 2.24. The summed E-state index contributed by atoms with van der Waals surface area (Å²) in [6, 6.07) is 20.3. The number of hydrogen-bond donors (Lipinski definition) is 2. The second kappa shape index (κ2) is 11.9. The Bertz CT molecular complexity index is 1410. The van der Waals surface area contributed by atoms with Crippen molar-refractivity contribution in [1.82, 2.24) is 19.9 Å². The van der Waals surface area contributed by atoms with Gasteiger partial charge in [-0.2, -0.15) is 4.98 Å². The van der Waals surface area contributed by atoms with Gasteiger partial charge in [0, 0.05) is 55.0 Å². The fraction of sp³-hybridized carbons (Fsp3) is 0.267. The van der Waals surface area contributed by atoms with E-state index in [0.29, 0.717) is 42.0 Å². The van der Waals surface area contributed by atoms with Crippen molar-refractivity contribution in [1.29, 1.82) is 0 Å². The van der Waals surface area contributed by atoms with Gasteiger partial charge in [-0.05, 0) is 92.9 Å². The van der Waals surface area contributed by atoms with Crippen LogP contribution in [0.4, 0.5) is 33.3 Å². The van der Waals surface area contributed by atoms with Gasteiger partial charge in [0.1, 0.15) is 17.5 Å². The smallest absolute Gasteiger partial charge is 0.253 e. The SMILES string of the molecule is CCN(c1ccccn1)C1CCN(C(=O)c2ccc(Nc3nccc(Nc4ccc(F)c(C)c4)n3)cc2)CC1. The van der Waals surface area contributed by atoms with Gasteiger partial charge in [-0.1, -0.05) is 6.07 Å². The van der Waals surface area contributed by atoms with Crippen molar-refractivity contribution in [3.05, 3.63) is 96.1 Å². The van der Waals surface area contributed by atoms with E-state index in [-0.39, 0.29) is 11.7 Å². The fourth-order valence-corrected chi connectivity index (χ4v) is 4.88. The summed E-state index contributed by atoms with van der Waals surface area (Å²) >= 11 is 0. The molecule has 8 nitrogen and oxygen atoms in total. The van der Waals surface area contributed by atoms with Crippen molar-refractivity contribution in [2.75, 3.05) is 35.2 Å². The maximum atomic E-state index is 13.6. The normalized spacial score (nSPS) is 13.7. The Balaban J connectivity index is 1.17. The minimum absolute atomic E-state index is 0.0397. The Morgan fingerprint density at radius 2 is 1.74 bits per heavy atom. The first-order chi connectivity index (χ1) is 19.0. The quantitative estimate of drug-likeness (QED) is 0.295. The molecule has 5 rings (SSSR count). The summed E-state index contributed by atoms with van der Waals surface area (Å²) in [6.45, 7) is 6.18. The summed E-state index contributed by atoms with van der Waals surface area (Å²) < 4.78 is 13.6. The highest BCUT2D eigenvalue weighted by molar-refractivity contribution is 5.94. The molecule has 0 bridgehead atoms. The van der Waals surface area contributed by atoms with Crippen molar-refractivity contribution >= 4 is 34.9 Å². The zero-order valence-corrected chi connectivity index (χ0v) is 22.1. The summed E-state index contributed by atoms with van der Waals surface area (Å²) in [5, 5.41) is 6.34. The Labute approximate surface area is 227 Å². The first-order valence-electron chi connectivity index (χ1n) is 13.2. The van der Waals surface area contributed by atoms with Gasteiger partial charge in [0.05, 0.1) is 0 Å². The summed E-state index contributed by atoms with van der Waals surface area (Å²) in [4.78, 5) is 30.7. The number of anilines is 5. The summed E-state index contributed by atoms with van der Waals surface area (Å²) in [7, 11) is 0. The molecule has 0 spiro atoms. The van der Waals surface area contributed by atoms with Crippen LogP contribution in [0.25, 0.3) is 0 Å². The molecule has 1 aliphatic heterocycles. The van der Waals surface area contributed by atoms with Crippen LogP contribution in [0.15, 0.2) is 79.1 Å².